The molecule has 3 aromatic rings. The molecule has 0 amide bonds. The predicted molar refractivity (Wildman–Crippen MR) is 87.3 cm³/mol. The molecular weight excluding hydrogens is 282 g/mol. The first-order chi connectivity index (χ1) is 10.2. The lowest BCUT2D eigenvalue weighted by Gasteiger charge is -2.08. The number of aromatic nitrogens is 2. The number of nitrogens with zero attached hydrogens (tertiary/aromatic N) is 2. The van der Waals surface area contributed by atoms with Gasteiger partial charge in [-0.05, 0) is 42.5 Å². The summed E-state index contributed by atoms with van der Waals surface area (Å²) in [5.74, 6) is 1.65. The predicted octanol–water partition coefficient (Wildman–Crippen LogP) is 4.20. The molecule has 0 saturated carbocycles. The number of hydrogen-bond donors (Lipinski definition) is 1. The monoisotopic (exact) mass is 299 g/mol. The van der Waals surface area contributed by atoms with Crippen LogP contribution in [0.2, 0.25) is 0 Å². The first-order valence-electron chi connectivity index (χ1n) is 6.74. The van der Waals surface area contributed by atoms with Gasteiger partial charge in [-0.3, -0.25) is 0 Å². The van der Waals surface area contributed by atoms with Gasteiger partial charge in [0.05, 0.1) is 16.8 Å². The normalized spacial score (nSPS) is 11.0. The fraction of sp³-hybridized carbons (Fsp3) is 0.250. The zero-order chi connectivity index (χ0) is 14.8. The van der Waals surface area contributed by atoms with Gasteiger partial charge in [-0.25, -0.2) is 9.97 Å². The number of nitrogens with one attached hydrogen (secondary N) is 1. The second-order valence-electron chi connectivity index (χ2n) is 4.97. The van der Waals surface area contributed by atoms with E-state index in [-0.39, 0.29) is 0 Å². The molecule has 1 aromatic carbocycles. The highest BCUT2D eigenvalue weighted by molar-refractivity contribution is 7.18. The number of fused-ring (bicyclic) bond motifs is 1. The molecule has 0 aliphatic carbocycles. The molecule has 0 fully saturated rings. The number of ether oxygens (including phenoxy) is 1. The Kier molecular flexibility index (Phi) is 3.86. The summed E-state index contributed by atoms with van der Waals surface area (Å²) < 4.78 is 6.22. The molecule has 5 heteroatoms. The van der Waals surface area contributed by atoms with E-state index in [2.05, 4.69) is 39.7 Å². The minimum atomic E-state index is 0.626. The van der Waals surface area contributed by atoms with Crippen LogP contribution >= 0.6 is 11.3 Å². The smallest absolute Gasteiger partial charge is 0.152 e. The molecule has 3 rings (SSSR count). The Bertz CT molecular complexity index is 765. The molecule has 0 atom stereocenters. The average molecular weight is 299 g/mol. The van der Waals surface area contributed by atoms with Gasteiger partial charge in [0.25, 0.3) is 0 Å². The summed E-state index contributed by atoms with van der Waals surface area (Å²) in [6.45, 7) is 4.62. The van der Waals surface area contributed by atoms with Crippen LogP contribution in [0.25, 0.3) is 10.2 Å². The van der Waals surface area contributed by atoms with Crippen molar-refractivity contribution < 1.29 is 4.74 Å². The Hall–Kier alpha value is -1.98. The fourth-order valence-corrected chi connectivity index (χ4v) is 3.15. The number of thiophene rings is 1. The summed E-state index contributed by atoms with van der Waals surface area (Å²) in [5.41, 5.74) is 4.39. The molecule has 0 aliphatic heterocycles. The van der Waals surface area contributed by atoms with Gasteiger partial charge in [0.15, 0.2) is 5.82 Å². The van der Waals surface area contributed by atoms with Gasteiger partial charge in [-0.1, -0.05) is 12.1 Å². The van der Waals surface area contributed by atoms with Crippen LogP contribution in [0.3, 0.4) is 0 Å². The van der Waals surface area contributed by atoms with Crippen molar-refractivity contribution >= 4 is 33.1 Å². The second-order valence-corrected chi connectivity index (χ2v) is 5.85. The number of aryl methyl sites for hydroxylation is 2. The van der Waals surface area contributed by atoms with Crippen LogP contribution in [-0.2, 0) is 11.3 Å². The fourth-order valence-electron chi connectivity index (χ4n) is 2.22. The third-order valence-corrected chi connectivity index (χ3v) is 4.33. The SMILES string of the molecule is COCc1ccc(Nc2nc(C)nc3c(C)csc23)cc1. The molecule has 21 heavy (non-hydrogen) atoms. The van der Waals surface area contributed by atoms with Gasteiger partial charge in [0.2, 0.25) is 0 Å². The van der Waals surface area contributed by atoms with E-state index in [0.29, 0.717) is 6.61 Å². The minimum Gasteiger partial charge on any atom is -0.380 e. The lowest BCUT2D eigenvalue weighted by Crippen LogP contribution is -1.98. The molecule has 2 aromatic heterocycles. The lowest BCUT2D eigenvalue weighted by atomic mass is 10.2. The maximum absolute atomic E-state index is 5.12. The Balaban J connectivity index is 1.94. The molecule has 4 nitrogen and oxygen atoms in total. The number of anilines is 2. The van der Waals surface area contributed by atoms with Gasteiger partial charge < -0.3 is 10.1 Å². The highest BCUT2D eigenvalue weighted by atomic mass is 32.1. The van der Waals surface area contributed by atoms with Crippen LogP contribution < -0.4 is 5.32 Å². The zero-order valence-electron chi connectivity index (χ0n) is 12.3. The first-order valence-corrected chi connectivity index (χ1v) is 7.62. The Morgan fingerprint density at radius 3 is 2.62 bits per heavy atom. The summed E-state index contributed by atoms with van der Waals surface area (Å²) >= 11 is 1.67. The molecule has 2 heterocycles. The topological polar surface area (TPSA) is 47.0 Å². The average Bonchev–Trinajstić information content (AvgIpc) is 2.83. The molecule has 0 radical (unpaired) electrons. The summed E-state index contributed by atoms with van der Waals surface area (Å²) in [6.07, 6.45) is 0. The summed E-state index contributed by atoms with van der Waals surface area (Å²) in [6, 6.07) is 8.18. The van der Waals surface area contributed by atoms with Gasteiger partial charge in [0.1, 0.15) is 5.82 Å². The van der Waals surface area contributed by atoms with E-state index in [1.165, 1.54) is 5.56 Å². The molecule has 108 valence electrons. The van der Waals surface area contributed by atoms with Crippen LogP contribution in [-0.4, -0.2) is 17.1 Å². The van der Waals surface area contributed by atoms with E-state index < -0.39 is 0 Å². The van der Waals surface area contributed by atoms with Crippen molar-refractivity contribution in [1.29, 1.82) is 0 Å². The van der Waals surface area contributed by atoms with Gasteiger partial charge in [-0.2, -0.15) is 0 Å². The maximum atomic E-state index is 5.12. The van der Waals surface area contributed by atoms with Crippen molar-refractivity contribution in [3.63, 3.8) is 0 Å². The van der Waals surface area contributed by atoms with E-state index in [1.807, 2.05) is 19.1 Å². The lowest BCUT2D eigenvalue weighted by molar-refractivity contribution is 0.185. The summed E-state index contributed by atoms with van der Waals surface area (Å²) in [7, 11) is 1.70. The van der Waals surface area contributed by atoms with Crippen molar-refractivity contribution in [2.45, 2.75) is 20.5 Å². The molecule has 1 N–H and O–H groups in total. The van der Waals surface area contributed by atoms with E-state index in [4.69, 9.17) is 4.74 Å². The molecule has 0 spiro atoms. The van der Waals surface area contributed by atoms with Crippen LogP contribution in [0.4, 0.5) is 11.5 Å². The summed E-state index contributed by atoms with van der Waals surface area (Å²) in [4.78, 5) is 9.05. The molecular formula is C16H17N3OS. The van der Waals surface area contributed by atoms with Crippen molar-refractivity contribution in [3.8, 4) is 0 Å². The van der Waals surface area contributed by atoms with E-state index in [1.54, 1.807) is 18.4 Å². The number of rotatable bonds is 4. The van der Waals surface area contributed by atoms with Crippen LogP contribution in [0.5, 0.6) is 0 Å². The van der Waals surface area contributed by atoms with Crippen molar-refractivity contribution in [2.24, 2.45) is 0 Å². The van der Waals surface area contributed by atoms with Gasteiger partial charge in [-0.15, -0.1) is 11.3 Å². The number of methoxy groups -OCH3 is 1. The van der Waals surface area contributed by atoms with Gasteiger partial charge in [0, 0.05) is 12.8 Å². The highest BCUT2D eigenvalue weighted by Gasteiger charge is 2.10. The first kappa shape index (κ1) is 14.0. The zero-order valence-corrected chi connectivity index (χ0v) is 13.1. The number of benzene rings is 1. The quantitative estimate of drug-likeness (QED) is 0.784. The van der Waals surface area contributed by atoms with Crippen LogP contribution in [0, 0.1) is 13.8 Å². The third-order valence-electron chi connectivity index (χ3n) is 3.23. The third kappa shape index (κ3) is 2.89. The highest BCUT2D eigenvalue weighted by Crippen LogP contribution is 2.31. The van der Waals surface area contributed by atoms with Crippen LogP contribution in [0.1, 0.15) is 17.0 Å². The molecule has 0 unspecified atom stereocenters. The Labute approximate surface area is 127 Å². The second kappa shape index (κ2) is 5.79. The van der Waals surface area contributed by atoms with E-state index >= 15 is 0 Å². The molecule has 0 aliphatic rings. The standard InChI is InChI=1S/C16H17N3OS/c1-10-9-21-15-14(10)17-11(2)18-16(15)19-13-6-4-12(5-7-13)8-20-3/h4-7,9H,8H2,1-3H3,(H,17,18,19). The van der Waals surface area contributed by atoms with Crippen molar-refractivity contribution in [1.82, 2.24) is 9.97 Å². The molecule has 0 saturated heterocycles. The van der Waals surface area contributed by atoms with E-state index in [9.17, 15) is 0 Å². The summed E-state index contributed by atoms with van der Waals surface area (Å²) in [5, 5.41) is 5.51. The largest absolute Gasteiger partial charge is 0.380 e. The molecule has 0 bridgehead atoms. The maximum Gasteiger partial charge on any atom is 0.152 e. The van der Waals surface area contributed by atoms with E-state index in [0.717, 1.165) is 33.1 Å². The Morgan fingerprint density at radius 2 is 1.90 bits per heavy atom. The minimum absolute atomic E-state index is 0.626. The van der Waals surface area contributed by atoms with Crippen LogP contribution in [0.15, 0.2) is 29.6 Å². The van der Waals surface area contributed by atoms with Crippen molar-refractivity contribution in [3.05, 3.63) is 46.6 Å². The Morgan fingerprint density at radius 1 is 1.14 bits per heavy atom. The number of hydrogen-bond acceptors (Lipinski definition) is 5. The van der Waals surface area contributed by atoms with Crippen molar-refractivity contribution in [2.75, 3.05) is 12.4 Å². The van der Waals surface area contributed by atoms with Gasteiger partial charge >= 0.3 is 0 Å².